The number of nitriles is 1. The van der Waals surface area contributed by atoms with Gasteiger partial charge in [-0.25, -0.2) is 4.79 Å². The van der Waals surface area contributed by atoms with Gasteiger partial charge in [0.25, 0.3) is 0 Å². The molecule has 0 radical (unpaired) electrons. The molecule has 2 aromatic rings. The Labute approximate surface area is 135 Å². The van der Waals surface area contributed by atoms with Crippen molar-refractivity contribution in [3.05, 3.63) is 36.0 Å². The predicted molar refractivity (Wildman–Crippen MR) is 85.0 cm³/mol. The molecule has 0 unspecified atom stereocenters. The summed E-state index contributed by atoms with van der Waals surface area (Å²) in [7, 11) is 1.59. The van der Waals surface area contributed by atoms with Gasteiger partial charge in [0, 0.05) is 11.8 Å². The van der Waals surface area contributed by atoms with Gasteiger partial charge >= 0.3 is 5.97 Å². The lowest BCUT2D eigenvalue weighted by Gasteiger charge is -2.08. The predicted octanol–water partition coefficient (Wildman–Crippen LogP) is 3.04. The van der Waals surface area contributed by atoms with Crippen molar-refractivity contribution in [2.45, 2.75) is 32.9 Å². The molecule has 0 aliphatic carbocycles. The summed E-state index contributed by atoms with van der Waals surface area (Å²) in [6.07, 6.45) is 1.73. The Morgan fingerprint density at radius 3 is 2.61 bits per heavy atom. The molecule has 0 N–H and O–H groups in total. The summed E-state index contributed by atoms with van der Waals surface area (Å²) in [6, 6.07) is 9.35. The second-order valence-electron chi connectivity index (χ2n) is 5.25. The molecule has 0 amide bonds. The number of esters is 1. The molecule has 0 bridgehead atoms. The number of rotatable bonds is 6. The SMILES string of the molecule is COc1ccc(-c2nn(CCC#N)cc2C(=O)OC(C)C)cc1. The van der Waals surface area contributed by atoms with Gasteiger partial charge in [-0.3, -0.25) is 4.68 Å². The highest BCUT2D eigenvalue weighted by molar-refractivity contribution is 5.96. The minimum atomic E-state index is -0.422. The van der Waals surface area contributed by atoms with Crippen LogP contribution in [0.1, 0.15) is 30.6 Å². The summed E-state index contributed by atoms with van der Waals surface area (Å²) in [6.45, 7) is 4.02. The van der Waals surface area contributed by atoms with Crippen molar-refractivity contribution in [1.82, 2.24) is 9.78 Å². The number of methoxy groups -OCH3 is 1. The van der Waals surface area contributed by atoms with E-state index in [0.717, 1.165) is 11.3 Å². The zero-order valence-corrected chi connectivity index (χ0v) is 13.4. The number of carbonyl (C=O) groups excluding carboxylic acids is 1. The van der Waals surface area contributed by atoms with Crippen LogP contribution in [0.15, 0.2) is 30.5 Å². The second-order valence-corrected chi connectivity index (χ2v) is 5.25. The number of aromatic nitrogens is 2. The highest BCUT2D eigenvalue weighted by Gasteiger charge is 2.20. The summed E-state index contributed by atoms with van der Waals surface area (Å²) in [4.78, 5) is 12.3. The molecular formula is C17H19N3O3. The van der Waals surface area contributed by atoms with Crippen LogP contribution in [0.25, 0.3) is 11.3 Å². The van der Waals surface area contributed by atoms with E-state index in [4.69, 9.17) is 14.7 Å². The molecule has 2 rings (SSSR count). The molecule has 6 nitrogen and oxygen atoms in total. The fourth-order valence-electron chi connectivity index (χ4n) is 2.09. The average molecular weight is 313 g/mol. The number of benzene rings is 1. The smallest absolute Gasteiger partial charge is 0.342 e. The second kappa shape index (κ2) is 7.45. The quantitative estimate of drug-likeness (QED) is 0.766. The third kappa shape index (κ3) is 4.10. The van der Waals surface area contributed by atoms with Gasteiger partial charge in [-0.15, -0.1) is 0 Å². The van der Waals surface area contributed by atoms with Crippen molar-refractivity contribution in [3.8, 4) is 23.1 Å². The van der Waals surface area contributed by atoms with Crippen LogP contribution in [0.2, 0.25) is 0 Å². The van der Waals surface area contributed by atoms with E-state index in [9.17, 15) is 4.79 Å². The average Bonchev–Trinajstić information content (AvgIpc) is 2.96. The third-order valence-electron chi connectivity index (χ3n) is 3.14. The molecule has 6 heteroatoms. The third-order valence-corrected chi connectivity index (χ3v) is 3.14. The van der Waals surface area contributed by atoms with Crippen LogP contribution in [-0.2, 0) is 11.3 Å². The molecule has 120 valence electrons. The zero-order chi connectivity index (χ0) is 16.8. The van der Waals surface area contributed by atoms with Crippen LogP contribution in [0.3, 0.4) is 0 Å². The lowest BCUT2D eigenvalue weighted by atomic mass is 10.1. The Balaban J connectivity index is 2.39. The first-order valence-electron chi connectivity index (χ1n) is 7.35. The highest BCUT2D eigenvalue weighted by atomic mass is 16.5. The molecule has 23 heavy (non-hydrogen) atoms. The fourth-order valence-corrected chi connectivity index (χ4v) is 2.09. The maximum absolute atomic E-state index is 12.3. The first-order valence-corrected chi connectivity index (χ1v) is 7.35. The largest absolute Gasteiger partial charge is 0.497 e. The first-order chi connectivity index (χ1) is 11.0. The first kappa shape index (κ1) is 16.6. The summed E-state index contributed by atoms with van der Waals surface area (Å²) in [5.41, 5.74) is 1.72. The molecule has 0 saturated carbocycles. The molecule has 0 saturated heterocycles. The molecule has 1 aromatic heterocycles. The maximum atomic E-state index is 12.3. The molecule has 0 fully saturated rings. The molecule has 0 atom stereocenters. The summed E-state index contributed by atoms with van der Waals surface area (Å²) in [5.74, 6) is 0.304. The zero-order valence-electron chi connectivity index (χ0n) is 13.4. The van der Waals surface area contributed by atoms with Crippen LogP contribution in [0.5, 0.6) is 5.75 Å². The monoisotopic (exact) mass is 313 g/mol. The Morgan fingerprint density at radius 1 is 1.35 bits per heavy atom. The number of ether oxygens (including phenoxy) is 2. The van der Waals surface area contributed by atoms with Crippen molar-refractivity contribution < 1.29 is 14.3 Å². The molecular weight excluding hydrogens is 294 g/mol. The molecule has 0 aliphatic heterocycles. The van der Waals surface area contributed by atoms with Crippen LogP contribution in [0, 0.1) is 11.3 Å². The topological polar surface area (TPSA) is 77.1 Å². The van der Waals surface area contributed by atoms with Crippen molar-refractivity contribution in [2.75, 3.05) is 7.11 Å². The van der Waals surface area contributed by atoms with Crippen molar-refractivity contribution >= 4 is 5.97 Å². The van der Waals surface area contributed by atoms with Crippen molar-refractivity contribution in [3.63, 3.8) is 0 Å². The fraction of sp³-hybridized carbons (Fsp3) is 0.353. The number of hydrogen-bond acceptors (Lipinski definition) is 5. The summed E-state index contributed by atoms with van der Waals surface area (Å²) < 4.78 is 12.0. The van der Waals surface area contributed by atoms with Crippen LogP contribution < -0.4 is 4.74 Å². The van der Waals surface area contributed by atoms with E-state index >= 15 is 0 Å². The number of nitrogens with zero attached hydrogens (tertiary/aromatic N) is 3. The Bertz CT molecular complexity index is 712. The van der Waals surface area contributed by atoms with Crippen LogP contribution in [-0.4, -0.2) is 29.0 Å². The van der Waals surface area contributed by atoms with E-state index in [0.29, 0.717) is 24.2 Å². The number of hydrogen-bond donors (Lipinski definition) is 0. The van der Waals surface area contributed by atoms with Crippen molar-refractivity contribution in [1.29, 1.82) is 5.26 Å². The van der Waals surface area contributed by atoms with Gasteiger partial charge in [-0.05, 0) is 38.1 Å². The maximum Gasteiger partial charge on any atom is 0.342 e. The van der Waals surface area contributed by atoms with E-state index in [1.165, 1.54) is 0 Å². The van der Waals surface area contributed by atoms with Crippen molar-refractivity contribution in [2.24, 2.45) is 0 Å². The van der Waals surface area contributed by atoms with Gasteiger partial charge in [-0.1, -0.05) is 0 Å². The van der Waals surface area contributed by atoms with Gasteiger partial charge in [0.2, 0.25) is 0 Å². The van der Waals surface area contributed by atoms with Crippen LogP contribution >= 0.6 is 0 Å². The van der Waals surface area contributed by atoms with E-state index < -0.39 is 5.97 Å². The van der Waals surface area contributed by atoms with Gasteiger partial charge < -0.3 is 9.47 Å². The van der Waals surface area contributed by atoms with Gasteiger partial charge in [0.1, 0.15) is 17.0 Å². The lowest BCUT2D eigenvalue weighted by molar-refractivity contribution is 0.0378. The normalized spacial score (nSPS) is 10.4. The minimum absolute atomic E-state index is 0.214. The Kier molecular flexibility index (Phi) is 5.36. The Hall–Kier alpha value is -2.81. The van der Waals surface area contributed by atoms with E-state index in [-0.39, 0.29) is 6.10 Å². The van der Waals surface area contributed by atoms with E-state index in [2.05, 4.69) is 11.2 Å². The van der Waals surface area contributed by atoms with Gasteiger partial charge in [0.15, 0.2) is 0 Å². The standard InChI is InChI=1S/C17H19N3O3/c1-12(2)23-17(21)15-11-20(10-4-9-18)19-16(15)13-5-7-14(22-3)8-6-13/h5-8,11-12H,4,10H2,1-3H3. The molecule has 1 heterocycles. The summed E-state index contributed by atoms with van der Waals surface area (Å²) >= 11 is 0. The van der Waals surface area contributed by atoms with E-state index in [1.807, 2.05) is 12.1 Å². The molecule has 1 aromatic carbocycles. The highest BCUT2D eigenvalue weighted by Crippen LogP contribution is 2.25. The lowest BCUT2D eigenvalue weighted by Crippen LogP contribution is -2.11. The van der Waals surface area contributed by atoms with E-state index in [1.54, 1.807) is 44.0 Å². The van der Waals surface area contributed by atoms with Gasteiger partial charge in [0.05, 0.1) is 32.2 Å². The minimum Gasteiger partial charge on any atom is -0.497 e. The number of aryl methyl sites for hydroxylation is 1. The summed E-state index contributed by atoms with van der Waals surface area (Å²) in [5, 5.41) is 13.1. The molecule has 0 aliphatic rings. The van der Waals surface area contributed by atoms with Crippen LogP contribution in [0.4, 0.5) is 0 Å². The Morgan fingerprint density at radius 2 is 2.04 bits per heavy atom. The van der Waals surface area contributed by atoms with Gasteiger partial charge in [-0.2, -0.15) is 10.4 Å². The molecule has 0 spiro atoms. The number of carbonyl (C=O) groups is 1.